The van der Waals surface area contributed by atoms with Gasteiger partial charge in [-0.1, -0.05) is 0 Å². The SMILES string of the molecule is CC(=O)Nc1ccc2c(c1)C1(CO2)OCCO1. The maximum atomic E-state index is 11.0. The highest BCUT2D eigenvalue weighted by molar-refractivity contribution is 5.88. The van der Waals surface area contributed by atoms with Gasteiger partial charge >= 0.3 is 0 Å². The van der Waals surface area contributed by atoms with Gasteiger partial charge in [0.15, 0.2) is 0 Å². The molecule has 1 amide bonds. The third kappa shape index (κ3) is 1.67. The molecule has 0 aliphatic carbocycles. The van der Waals surface area contributed by atoms with Crippen LogP contribution in [0.4, 0.5) is 5.69 Å². The molecule has 1 fully saturated rings. The Labute approximate surface area is 98.7 Å². The molecule has 90 valence electrons. The van der Waals surface area contributed by atoms with Crippen LogP contribution in [0.15, 0.2) is 18.2 Å². The van der Waals surface area contributed by atoms with Crippen molar-refractivity contribution in [1.82, 2.24) is 0 Å². The number of hydrogen-bond donors (Lipinski definition) is 1. The molecule has 1 aromatic rings. The van der Waals surface area contributed by atoms with Gasteiger partial charge in [-0.2, -0.15) is 0 Å². The average Bonchev–Trinajstić information content (AvgIpc) is 2.89. The van der Waals surface area contributed by atoms with Gasteiger partial charge in [-0.15, -0.1) is 0 Å². The predicted octanol–water partition coefficient (Wildman–Crippen LogP) is 1.24. The van der Waals surface area contributed by atoms with Crippen molar-refractivity contribution in [3.05, 3.63) is 23.8 Å². The maximum absolute atomic E-state index is 11.0. The van der Waals surface area contributed by atoms with Crippen molar-refractivity contribution in [3.8, 4) is 5.75 Å². The lowest BCUT2D eigenvalue weighted by Crippen LogP contribution is -2.28. The molecule has 1 aromatic carbocycles. The van der Waals surface area contributed by atoms with E-state index in [1.807, 2.05) is 12.1 Å². The normalized spacial score (nSPS) is 20.1. The summed E-state index contributed by atoms with van der Waals surface area (Å²) in [4.78, 5) is 11.0. The van der Waals surface area contributed by atoms with Crippen LogP contribution in [-0.2, 0) is 20.1 Å². The molecule has 1 saturated heterocycles. The van der Waals surface area contributed by atoms with Gasteiger partial charge in [0, 0.05) is 12.6 Å². The van der Waals surface area contributed by atoms with Crippen LogP contribution in [0.25, 0.3) is 0 Å². The first-order valence-electron chi connectivity index (χ1n) is 5.52. The lowest BCUT2D eigenvalue weighted by Gasteiger charge is -2.20. The van der Waals surface area contributed by atoms with Crippen LogP contribution >= 0.6 is 0 Å². The number of benzene rings is 1. The summed E-state index contributed by atoms with van der Waals surface area (Å²) in [6, 6.07) is 5.46. The van der Waals surface area contributed by atoms with Crippen molar-refractivity contribution in [2.24, 2.45) is 0 Å². The Hall–Kier alpha value is -1.59. The Bertz CT molecular complexity index is 466. The van der Waals surface area contributed by atoms with Gasteiger partial charge in [0.2, 0.25) is 11.7 Å². The number of anilines is 1. The van der Waals surface area contributed by atoms with Crippen molar-refractivity contribution in [2.75, 3.05) is 25.1 Å². The fraction of sp³-hybridized carbons (Fsp3) is 0.417. The Morgan fingerprint density at radius 3 is 2.82 bits per heavy atom. The molecule has 0 aromatic heterocycles. The fourth-order valence-corrected chi connectivity index (χ4v) is 2.18. The quantitative estimate of drug-likeness (QED) is 0.795. The number of carbonyl (C=O) groups is 1. The number of hydrogen-bond acceptors (Lipinski definition) is 4. The zero-order valence-corrected chi connectivity index (χ0v) is 9.49. The summed E-state index contributed by atoms with van der Waals surface area (Å²) >= 11 is 0. The molecule has 2 heterocycles. The molecule has 5 nitrogen and oxygen atoms in total. The summed E-state index contributed by atoms with van der Waals surface area (Å²) in [5.41, 5.74) is 1.57. The van der Waals surface area contributed by atoms with E-state index in [4.69, 9.17) is 14.2 Å². The van der Waals surface area contributed by atoms with Gasteiger partial charge in [-0.3, -0.25) is 4.79 Å². The predicted molar refractivity (Wildman–Crippen MR) is 59.8 cm³/mol. The zero-order valence-electron chi connectivity index (χ0n) is 9.49. The molecule has 0 radical (unpaired) electrons. The first-order valence-corrected chi connectivity index (χ1v) is 5.52. The van der Waals surface area contributed by atoms with Crippen molar-refractivity contribution >= 4 is 11.6 Å². The summed E-state index contributed by atoms with van der Waals surface area (Å²) in [6.45, 7) is 2.97. The van der Waals surface area contributed by atoms with Gasteiger partial charge in [-0.25, -0.2) is 0 Å². The number of fused-ring (bicyclic) bond motifs is 2. The van der Waals surface area contributed by atoms with Crippen molar-refractivity contribution in [2.45, 2.75) is 12.7 Å². The summed E-state index contributed by atoms with van der Waals surface area (Å²) in [5.74, 6) is -0.128. The van der Waals surface area contributed by atoms with E-state index in [9.17, 15) is 4.79 Å². The first kappa shape index (κ1) is 10.6. The Kier molecular flexibility index (Phi) is 2.31. The minimum absolute atomic E-state index is 0.105. The molecular formula is C12H13NO4. The molecule has 0 unspecified atom stereocenters. The van der Waals surface area contributed by atoms with Crippen LogP contribution in [0.3, 0.4) is 0 Å². The number of nitrogens with one attached hydrogen (secondary N) is 1. The molecule has 17 heavy (non-hydrogen) atoms. The Morgan fingerprint density at radius 2 is 2.12 bits per heavy atom. The highest BCUT2D eigenvalue weighted by atomic mass is 16.8. The van der Waals surface area contributed by atoms with E-state index < -0.39 is 5.79 Å². The number of rotatable bonds is 1. The first-order chi connectivity index (χ1) is 8.20. The van der Waals surface area contributed by atoms with E-state index >= 15 is 0 Å². The summed E-state index contributed by atoms with van der Waals surface area (Å²) in [7, 11) is 0. The molecular weight excluding hydrogens is 222 g/mol. The van der Waals surface area contributed by atoms with Crippen molar-refractivity contribution < 1.29 is 19.0 Å². The van der Waals surface area contributed by atoms with Gasteiger partial charge in [-0.05, 0) is 18.2 Å². The second kappa shape index (κ2) is 3.72. The molecule has 0 atom stereocenters. The van der Waals surface area contributed by atoms with Crippen molar-refractivity contribution in [1.29, 1.82) is 0 Å². The minimum Gasteiger partial charge on any atom is -0.487 e. The van der Waals surface area contributed by atoms with Crippen LogP contribution in [0, 0.1) is 0 Å². The largest absolute Gasteiger partial charge is 0.487 e. The Balaban J connectivity index is 1.98. The van der Waals surface area contributed by atoms with Crippen LogP contribution in [0.2, 0.25) is 0 Å². The minimum atomic E-state index is -0.774. The second-order valence-corrected chi connectivity index (χ2v) is 4.13. The van der Waals surface area contributed by atoms with Gasteiger partial charge in [0.1, 0.15) is 12.4 Å². The number of ether oxygens (including phenoxy) is 3. The van der Waals surface area contributed by atoms with E-state index in [1.165, 1.54) is 6.92 Å². The van der Waals surface area contributed by atoms with E-state index in [0.29, 0.717) is 19.8 Å². The van der Waals surface area contributed by atoms with E-state index in [2.05, 4.69) is 5.32 Å². The molecule has 0 bridgehead atoms. The van der Waals surface area contributed by atoms with E-state index in [0.717, 1.165) is 17.0 Å². The van der Waals surface area contributed by atoms with E-state index in [1.54, 1.807) is 6.07 Å². The molecule has 3 rings (SSSR count). The summed E-state index contributed by atoms with van der Waals surface area (Å²) < 4.78 is 16.8. The maximum Gasteiger partial charge on any atom is 0.234 e. The average molecular weight is 235 g/mol. The van der Waals surface area contributed by atoms with Gasteiger partial charge in [0.25, 0.3) is 0 Å². The van der Waals surface area contributed by atoms with Crippen LogP contribution in [0.5, 0.6) is 5.75 Å². The smallest absolute Gasteiger partial charge is 0.234 e. The monoisotopic (exact) mass is 235 g/mol. The zero-order chi connectivity index (χ0) is 11.9. The molecule has 5 heteroatoms. The highest BCUT2D eigenvalue weighted by Gasteiger charge is 2.46. The standard InChI is InChI=1S/C12H13NO4/c1-8(14)13-9-2-3-11-10(6-9)12(7-15-11)16-4-5-17-12/h2-3,6H,4-5,7H2,1H3,(H,13,14). The second-order valence-electron chi connectivity index (χ2n) is 4.13. The third-order valence-electron chi connectivity index (χ3n) is 2.88. The molecule has 0 saturated carbocycles. The summed E-state index contributed by atoms with van der Waals surface area (Å²) in [6.07, 6.45) is 0. The van der Waals surface area contributed by atoms with Crippen LogP contribution in [-0.4, -0.2) is 25.7 Å². The third-order valence-corrected chi connectivity index (χ3v) is 2.88. The molecule has 1 spiro atoms. The topological polar surface area (TPSA) is 56.8 Å². The highest BCUT2D eigenvalue weighted by Crippen LogP contribution is 2.43. The van der Waals surface area contributed by atoms with Crippen molar-refractivity contribution in [3.63, 3.8) is 0 Å². The lowest BCUT2D eigenvalue weighted by molar-refractivity contribution is -0.170. The molecule has 2 aliphatic heterocycles. The van der Waals surface area contributed by atoms with Gasteiger partial charge in [0.05, 0.1) is 18.8 Å². The Morgan fingerprint density at radius 1 is 1.35 bits per heavy atom. The summed E-state index contributed by atoms with van der Waals surface area (Å²) in [5, 5.41) is 2.74. The van der Waals surface area contributed by atoms with Gasteiger partial charge < -0.3 is 19.5 Å². The molecule has 2 aliphatic rings. The van der Waals surface area contributed by atoms with Crippen LogP contribution < -0.4 is 10.1 Å². The lowest BCUT2D eigenvalue weighted by atomic mass is 10.1. The fourth-order valence-electron chi connectivity index (χ4n) is 2.18. The number of carbonyl (C=O) groups excluding carboxylic acids is 1. The number of amides is 1. The van der Waals surface area contributed by atoms with E-state index in [-0.39, 0.29) is 5.91 Å². The van der Waals surface area contributed by atoms with Crippen LogP contribution in [0.1, 0.15) is 12.5 Å². The molecule has 1 N–H and O–H groups in total.